The van der Waals surface area contributed by atoms with Gasteiger partial charge in [-0.15, -0.1) is 0 Å². The molecule has 1 amide bonds. The zero-order valence-corrected chi connectivity index (χ0v) is 25.7. The van der Waals surface area contributed by atoms with E-state index >= 15 is 0 Å². The molecule has 3 N–H and O–H groups in total. The minimum atomic E-state index is -0.922. The zero-order valence-electron chi connectivity index (χ0n) is 25.7. The fraction of sp³-hybridized carbons (Fsp3) is 0.788. The number of anilines is 1. The quantitative estimate of drug-likeness (QED) is 0.167. The van der Waals surface area contributed by atoms with Crippen LogP contribution in [0.2, 0.25) is 0 Å². The van der Waals surface area contributed by atoms with Crippen molar-refractivity contribution in [3.05, 3.63) is 23.4 Å². The number of aryl methyl sites for hydroxylation is 2. The molecule has 0 aromatic carbocycles. The first-order valence-corrected chi connectivity index (χ1v) is 15.9. The van der Waals surface area contributed by atoms with E-state index in [4.69, 9.17) is 9.72 Å². The van der Waals surface area contributed by atoms with Gasteiger partial charge in [-0.2, -0.15) is 0 Å². The Bertz CT molecular complexity index is 938. The molecule has 7 heteroatoms. The predicted molar refractivity (Wildman–Crippen MR) is 162 cm³/mol. The van der Waals surface area contributed by atoms with Crippen molar-refractivity contribution < 1.29 is 19.4 Å². The number of carbonyl (C=O) groups excluding carboxylic acids is 1. The Balaban J connectivity index is 1.40. The summed E-state index contributed by atoms with van der Waals surface area (Å²) in [6.45, 7) is 10.2. The summed E-state index contributed by atoms with van der Waals surface area (Å²) >= 11 is 0. The second-order valence-electron chi connectivity index (χ2n) is 13.6. The van der Waals surface area contributed by atoms with Crippen molar-refractivity contribution in [2.75, 3.05) is 18.5 Å². The number of pyridine rings is 1. The van der Waals surface area contributed by atoms with Crippen LogP contribution in [0.4, 0.5) is 5.82 Å². The van der Waals surface area contributed by atoms with Gasteiger partial charge in [0.25, 0.3) is 0 Å². The Morgan fingerprint density at radius 1 is 1.05 bits per heavy atom. The summed E-state index contributed by atoms with van der Waals surface area (Å²) in [5.74, 6) is 0.649. The number of aliphatic carboxylic acids is 1. The summed E-state index contributed by atoms with van der Waals surface area (Å²) in [5, 5.41) is 15.9. The van der Waals surface area contributed by atoms with E-state index in [1.54, 1.807) is 0 Å². The van der Waals surface area contributed by atoms with E-state index in [2.05, 4.69) is 50.5 Å². The first-order chi connectivity index (χ1) is 19.0. The van der Waals surface area contributed by atoms with Gasteiger partial charge in [0.2, 0.25) is 5.91 Å². The SMILES string of the molecule is CC1(CC(=O)N[C@@H](CCCCC(CCCCc2ccc3c(n2)NCCC3)CCCOC(C)(C)C)C(=O)O)CCC1. The third-order valence-corrected chi connectivity index (χ3v) is 8.68. The molecule has 3 rings (SSSR count). The van der Waals surface area contributed by atoms with Crippen molar-refractivity contribution in [1.82, 2.24) is 10.3 Å². The molecule has 226 valence electrons. The fourth-order valence-electron chi connectivity index (χ4n) is 6.06. The first kappa shape index (κ1) is 32.4. The van der Waals surface area contributed by atoms with Gasteiger partial charge >= 0.3 is 5.97 Å². The van der Waals surface area contributed by atoms with E-state index in [9.17, 15) is 14.7 Å². The molecule has 1 aromatic heterocycles. The molecule has 1 fully saturated rings. The fourth-order valence-corrected chi connectivity index (χ4v) is 6.06. The van der Waals surface area contributed by atoms with Crippen LogP contribution in [0, 0.1) is 11.3 Å². The van der Waals surface area contributed by atoms with Crippen LogP contribution in [-0.4, -0.2) is 46.8 Å². The molecule has 2 atom stereocenters. The molecular weight excluding hydrogens is 502 g/mol. The minimum absolute atomic E-state index is 0.0594. The van der Waals surface area contributed by atoms with Crippen LogP contribution in [0.3, 0.4) is 0 Å². The maximum atomic E-state index is 12.5. The van der Waals surface area contributed by atoms with E-state index in [1.807, 2.05) is 0 Å². The second-order valence-corrected chi connectivity index (χ2v) is 13.6. The molecule has 1 saturated carbocycles. The standard InChI is InChI=1S/C33H55N3O4/c1-32(2,3)40-23-10-14-25(12-5-7-16-27-19-18-26-15-9-22-34-30(26)35-27)13-6-8-17-28(31(38)39)36-29(37)24-33(4)20-11-21-33/h18-19,25,28H,5-17,20-24H2,1-4H3,(H,34,35)(H,36,37)(H,38,39)/t25?,28-/m0/s1. The number of hydrogen-bond donors (Lipinski definition) is 3. The van der Waals surface area contributed by atoms with Crippen LogP contribution in [-0.2, 0) is 27.2 Å². The van der Waals surface area contributed by atoms with Crippen molar-refractivity contribution in [2.45, 2.75) is 142 Å². The number of amides is 1. The van der Waals surface area contributed by atoms with Gasteiger partial charge in [0.1, 0.15) is 11.9 Å². The summed E-state index contributed by atoms with van der Waals surface area (Å²) in [4.78, 5) is 29.1. The Morgan fingerprint density at radius 3 is 2.42 bits per heavy atom. The lowest BCUT2D eigenvalue weighted by atomic mass is 9.68. The average molecular weight is 558 g/mol. The Labute approximate surface area is 242 Å². The van der Waals surface area contributed by atoms with Crippen molar-refractivity contribution >= 4 is 17.7 Å². The van der Waals surface area contributed by atoms with Gasteiger partial charge in [0.05, 0.1) is 5.60 Å². The van der Waals surface area contributed by atoms with Crippen LogP contribution >= 0.6 is 0 Å². The van der Waals surface area contributed by atoms with E-state index in [0.29, 0.717) is 18.8 Å². The number of carboxylic acids is 1. The van der Waals surface area contributed by atoms with Gasteiger partial charge in [-0.05, 0) is 102 Å². The summed E-state index contributed by atoms with van der Waals surface area (Å²) in [5.41, 5.74) is 2.46. The van der Waals surface area contributed by atoms with Crippen molar-refractivity contribution in [1.29, 1.82) is 0 Å². The van der Waals surface area contributed by atoms with Crippen LogP contribution < -0.4 is 10.6 Å². The van der Waals surface area contributed by atoms with Crippen LogP contribution in [0.25, 0.3) is 0 Å². The molecule has 1 aliphatic carbocycles. The van der Waals surface area contributed by atoms with Crippen LogP contribution in [0.5, 0.6) is 0 Å². The van der Waals surface area contributed by atoms with Crippen molar-refractivity contribution in [3.63, 3.8) is 0 Å². The number of aromatic nitrogens is 1. The summed E-state index contributed by atoms with van der Waals surface area (Å²) in [6.07, 6.45) is 16.1. The van der Waals surface area contributed by atoms with Crippen LogP contribution in [0.1, 0.15) is 129 Å². The monoisotopic (exact) mass is 557 g/mol. The van der Waals surface area contributed by atoms with Gasteiger partial charge in [0.15, 0.2) is 0 Å². The minimum Gasteiger partial charge on any atom is -0.480 e. The lowest BCUT2D eigenvalue weighted by Crippen LogP contribution is -2.43. The number of hydrogen-bond acceptors (Lipinski definition) is 5. The highest BCUT2D eigenvalue weighted by Crippen LogP contribution is 2.43. The highest BCUT2D eigenvalue weighted by molar-refractivity contribution is 5.83. The topological polar surface area (TPSA) is 101 Å². The normalized spacial score (nSPS) is 17.7. The molecule has 0 radical (unpaired) electrons. The average Bonchev–Trinajstić information content (AvgIpc) is 2.88. The molecule has 0 spiro atoms. The lowest BCUT2D eigenvalue weighted by molar-refractivity contribution is -0.142. The highest BCUT2D eigenvalue weighted by atomic mass is 16.5. The van der Waals surface area contributed by atoms with Gasteiger partial charge in [0, 0.05) is 25.3 Å². The van der Waals surface area contributed by atoms with E-state index in [1.165, 1.54) is 30.5 Å². The maximum Gasteiger partial charge on any atom is 0.326 e. The number of nitrogens with zero attached hydrogens (tertiary/aromatic N) is 1. The lowest BCUT2D eigenvalue weighted by Gasteiger charge is -2.38. The number of carboxylic acid groups (broad SMARTS) is 1. The van der Waals surface area contributed by atoms with E-state index in [-0.39, 0.29) is 16.9 Å². The number of unbranched alkanes of at least 4 members (excludes halogenated alkanes) is 2. The Morgan fingerprint density at radius 2 is 1.75 bits per heavy atom. The molecule has 1 aliphatic heterocycles. The number of carbonyl (C=O) groups is 2. The largest absolute Gasteiger partial charge is 0.480 e. The molecule has 2 heterocycles. The maximum absolute atomic E-state index is 12.5. The number of ether oxygens (including phenoxy) is 1. The van der Waals surface area contributed by atoms with Gasteiger partial charge < -0.3 is 20.5 Å². The second kappa shape index (κ2) is 15.7. The van der Waals surface area contributed by atoms with Gasteiger partial charge in [-0.1, -0.05) is 51.5 Å². The van der Waals surface area contributed by atoms with Crippen LogP contribution in [0.15, 0.2) is 12.1 Å². The zero-order chi connectivity index (χ0) is 29.0. The number of nitrogens with one attached hydrogen (secondary N) is 2. The Hall–Kier alpha value is -2.15. The third-order valence-electron chi connectivity index (χ3n) is 8.68. The molecule has 2 aliphatic rings. The number of rotatable bonds is 18. The van der Waals surface area contributed by atoms with E-state index < -0.39 is 12.0 Å². The molecule has 0 saturated heterocycles. The summed E-state index contributed by atoms with van der Waals surface area (Å²) in [6, 6.07) is 3.65. The van der Waals surface area contributed by atoms with Crippen molar-refractivity contribution in [2.24, 2.45) is 11.3 Å². The highest BCUT2D eigenvalue weighted by Gasteiger charge is 2.34. The summed E-state index contributed by atoms with van der Waals surface area (Å²) in [7, 11) is 0. The van der Waals surface area contributed by atoms with E-state index in [0.717, 1.165) is 89.6 Å². The molecule has 1 aromatic rings. The smallest absolute Gasteiger partial charge is 0.326 e. The Kier molecular flexibility index (Phi) is 12.7. The third kappa shape index (κ3) is 11.8. The van der Waals surface area contributed by atoms with Gasteiger partial charge in [-0.3, -0.25) is 4.79 Å². The predicted octanol–water partition coefficient (Wildman–Crippen LogP) is 7.07. The number of fused-ring (bicyclic) bond motifs is 1. The van der Waals surface area contributed by atoms with Crippen molar-refractivity contribution in [3.8, 4) is 0 Å². The molecule has 7 nitrogen and oxygen atoms in total. The molecule has 40 heavy (non-hydrogen) atoms. The van der Waals surface area contributed by atoms with Gasteiger partial charge in [-0.25, -0.2) is 9.78 Å². The summed E-state index contributed by atoms with van der Waals surface area (Å²) < 4.78 is 5.96. The molecule has 0 bridgehead atoms. The first-order valence-electron chi connectivity index (χ1n) is 15.9. The molecule has 1 unspecified atom stereocenters. The molecular formula is C33H55N3O4.